The van der Waals surface area contributed by atoms with Crippen LogP contribution in [-0.4, -0.2) is 202 Å². The molecule has 0 aromatic rings. The number of hydrogen-bond acceptors (Lipinski definition) is 21. The Balaban J connectivity index is 4.90. The van der Waals surface area contributed by atoms with Crippen LogP contribution in [0.1, 0.15) is 19.3 Å². The molecule has 0 heterocycles. The zero-order valence-corrected chi connectivity index (χ0v) is 45.9. The minimum atomic E-state index is -2.80. The number of alkyl halides is 9. The fourth-order valence-electron chi connectivity index (χ4n) is 5.45. The maximum absolute atomic E-state index is 15.8. The van der Waals surface area contributed by atoms with Crippen LogP contribution < -0.4 is 63.8 Å². The van der Waals surface area contributed by atoms with Crippen LogP contribution in [0.2, 0.25) is 0 Å². The molecule has 0 aliphatic rings. The van der Waals surface area contributed by atoms with Gasteiger partial charge in [-0.25, -0.2) is 39.5 Å². The van der Waals surface area contributed by atoms with E-state index in [4.69, 9.17) is 0 Å². The first kappa shape index (κ1) is 68.6. The van der Waals surface area contributed by atoms with Gasteiger partial charge in [0.1, 0.15) is 0 Å². The van der Waals surface area contributed by atoms with Crippen molar-refractivity contribution in [2.75, 3.05) is 144 Å². The quantitative estimate of drug-likeness (QED) is 0.0184. The largest absolute Gasteiger partial charge is 0.318 e. The third-order valence-corrected chi connectivity index (χ3v) is 14.7. The summed E-state index contributed by atoms with van der Waals surface area (Å²) < 4.78 is 138. The van der Waals surface area contributed by atoms with Crippen molar-refractivity contribution < 1.29 is 44.3 Å². The van der Waals surface area contributed by atoms with Gasteiger partial charge in [-0.2, -0.15) is 114 Å². The first-order chi connectivity index (χ1) is 31.2. The van der Waals surface area contributed by atoms with Gasteiger partial charge in [0.2, 0.25) is 11.6 Å². The second kappa shape index (κ2) is 33.5. The van der Waals surface area contributed by atoms with E-state index in [2.05, 4.69) is 172 Å². The molecule has 67 heavy (non-hydrogen) atoms. The van der Waals surface area contributed by atoms with E-state index < -0.39 is 108 Å². The number of likely N-dealkylation sites (N-methyl/N-ethyl adjacent to an activating group) is 2. The van der Waals surface area contributed by atoms with Crippen LogP contribution >= 0.6 is 114 Å². The Morgan fingerprint density at radius 1 is 0.358 bits per heavy atom. The van der Waals surface area contributed by atoms with Crippen molar-refractivity contribution in [1.29, 1.82) is 0 Å². The Hall–Kier alpha value is 1.55. The summed E-state index contributed by atoms with van der Waals surface area (Å²) in [5, 5.41) is 29.8. The van der Waals surface area contributed by atoms with Crippen LogP contribution in [0.3, 0.4) is 0 Å². The number of nitrogens with one attached hydrogen (secondary N) is 12. The van der Waals surface area contributed by atoms with Gasteiger partial charge < -0.3 is 21.3 Å². The van der Waals surface area contributed by atoms with E-state index in [1.54, 1.807) is 0 Å². The van der Waals surface area contributed by atoms with Crippen LogP contribution in [0.4, 0.5) is 39.5 Å². The Bertz CT molecular complexity index is 1370. The molecule has 0 unspecified atom stereocenters. The lowest BCUT2D eigenvalue weighted by Gasteiger charge is -2.34. The van der Waals surface area contributed by atoms with Gasteiger partial charge in [-0.3, -0.25) is 47.3 Å². The second-order valence-corrected chi connectivity index (χ2v) is 19.1. The third kappa shape index (κ3) is 26.6. The number of hydrogen-bond donors (Lipinski definition) is 21. The van der Waals surface area contributed by atoms with E-state index >= 15 is 30.7 Å². The van der Waals surface area contributed by atoms with Crippen LogP contribution in [0.25, 0.3) is 0 Å². The molecule has 0 radical (unpaired) electrons. The maximum Gasteiger partial charge on any atom is 0.276 e. The minimum absolute atomic E-state index is 0.0523. The molecule has 9 atom stereocenters. The fourth-order valence-corrected chi connectivity index (χ4v) is 7.51. The van der Waals surface area contributed by atoms with E-state index in [9.17, 15) is 13.6 Å². The van der Waals surface area contributed by atoms with Crippen molar-refractivity contribution in [3.63, 3.8) is 0 Å². The number of carbonyl (C=O) groups is 1. The number of rotatable bonds is 44. The fraction of sp³-hybridized carbons (Fsp3) is 0.972. The van der Waals surface area contributed by atoms with Crippen LogP contribution in [0, 0.1) is 0 Å². The van der Waals surface area contributed by atoms with Crippen LogP contribution in [-0.2, 0) is 4.79 Å². The van der Waals surface area contributed by atoms with Crippen LogP contribution in [0.15, 0.2) is 0 Å². The first-order valence-corrected chi connectivity index (χ1v) is 26.9. The molecular formula is C36H75F9N12OS9. The lowest BCUT2D eigenvalue weighted by molar-refractivity contribution is -0.137. The van der Waals surface area contributed by atoms with Crippen LogP contribution in [0.5, 0.6) is 0 Å². The predicted octanol–water partition coefficient (Wildman–Crippen LogP) is 1.38. The number of carbonyl (C=O) groups excluding carboxylic acids is 1. The summed E-state index contributed by atoms with van der Waals surface area (Å²) in [5.74, 6) is -26.0. The molecule has 0 aliphatic carbocycles. The van der Waals surface area contributed by atoms with Gasteiger partial charge in [0.15, 0.2) is 40.5 Å². The highest BCUT2D eigenvalue weighted by Gasteiger charge is 2.44. The highest BCUT2D eigenvalue weighted by atomic mass is 32.1. The van der Waals surface area contributed by atoms with Gasteiger partial charge in [0.05, 0.1) is 6.54 Å². The lowest BCUT2D eigenvalue weighted by atomic mass is 10.1. The first-order valence-electron chi connectivity index (χ1n) is 21.3. The van der Waals surface area contributed by atoms with Crippen molar-refractivity contribution >= 4 is 120 Å². The SMILES string of the molecule is CNC[C@@](F)(CS)NC[C@@](F)(CS)NC(=O)[C@@](F)(CS)NCCCCNC[C@@](F)(CS)NC[C@@](F)(CS)NC[C@@](F)(CS)NCCCNC[C@@](F)(CS)NC[C@@](F)(CS)NC[C@@](F)(CS)NC. The van der Waals surface area contributed by atoms with Gasteiger partial charge in [-0.15, -0.1) is 0 Å². The summed E-state index contributed by atoms with van der Waals surface area (Å²) in [6.45, 7) is -3.43. The van der Waals surface area contributed by atoms with Crippen molar-refractivity contribution in [3.8, 4) is 0 Å². The summed E-state index contributed by atoms with van der Waals surface area (Å²) in [5.41, 5.74) is 0. The van der Waals surface area contributed by atoms with Crippen molar-refractivity contribution in [3.05, 3.63) is 0 Å². The molecule has 31 heteroatoms. The monoisotopic (exact) mass is 1150 g/mol. The standard InChI is InChI=1S/C36H75F9N12OS9/c1-46-10-29(38,19-60)56-17-35(44,25-66)57-27(58)36(45,26-67)51-8-4-3-6-48-11-30(39,20-61)54-16-34(43,24-65)55-14-32(41,22-63)50-9-5-7-49-12-31(40,21-62)53-15-33(42,23-64)52-13-28(37,18-59)47-2/h46-56,59-67H,3-26H2,1-2H3,(H,57,58)/t28-,29-,30-,31-,32-,33-,34-,35-,36+/m0/s1. The molecule has 0 rings (SSSR count). The second-order valence-electron chi connectivity index (χ2n) is 16.2. The Kier molecular flexibility index (Phi) is 34.2. The molecule has 0 aromatic heterocycles. The van der Waals surface area contributed by atoms with E-state index in [0.717, 1.165) is 0 Å². The molecule has 1 amide bonds. The maximum atomic E-state index is 15.8. The Morgan fingerprint density at radius 2 is 0.672 bits per heavy atom. The minimum Gasteiger partial charge on any atom is -0.318 e. The Morgan fingerprint density at radius 3 is 1.04 bits per heavy atom. The molecule has 402 valence electrons. The summed E-state index contributed by atoms with van der Waals surface area (Å²) in [6.07, 6.45) is 0.915. The van der Waals surface area contributed by atoms with E-state index in [-0.39, 0.29) is 93.2 Å². The van der Waals surface area contributed by atoms with E-state index in [1.165, 1.54) is 14.1 Å². The average molecular weight is 1150 g/mol. The normalized spacial score (nSPS) is 20.5. The van der Waals surface area contributed by atoms with E-state index in [1.807, 2.05) is 5.32 Å². The lowest BCUT2D eigenvalue weighted by Crippen LogP contribution is -2.64. The van der Waals surface area contributed by atoms with Crippen molar-refractivity contribution in [2.24, 2.45) is 0 Å². The molecule has 0 fully saturated rings. The third-order valence-electron chi connectivity index (χ3n) is 10.2. The highest BCUT2D eigenvalue weighted by molar-refractivity contribution is 7.81. The number of amides is 1. The molecule has 0 bridgehead atoms. The average Bonchev–Trinajstić information content (AvgIpc) is 3.33. The molecule has 0 aliphatic heterocycles. The topological polar surface area (TPSA) is 161 Å². The van der Waals surface area contributed by atoms with Crippen molar-refractivity contribution in [1.82, 2.24) is 63.8 Å². The van der Waals surface area contributed by atoms with Gasteiger partial charge in [-0.05, 0) is 59.5 Å². The number of halogens is 9. The van der Waals surface area contributed by atoms with Gasteiger partial charge in [-0.1, -0.05) is 0 Å². The van der Waals surface area contributed by atoms with Gasteiger partial charge >= 0.3 is 0 Å². The molecule has 0 spiro atoms. The van der Waals surface area contributed by atoms with E-state index in [0.29, 0.717) is 6.42 Å². The summed E-state index contributed by atoms with van der Waals surface area (Å²) in [7, 11) is 2.84. The molecular weight excluding hydrogens is 1080 g/mol. The summed E-state index contributed by atoms with van der Waals surface area (Å²) in [6, 6.07) is 0. The highest BCUT2D eigenvalue weighted by Crippen LogP contribution is 2.20. The molecule has 0 aromatic carbocycles. The zero-order chi connectivity index (χ0) is 51.5. The Labute approximate surface area is 440 Å². The summed E-state index contributed by atoms with van der Waals surface area (Å²) in [4.78, 5) is 12.8. The van der Waals surface area contributed by atoms with Gasteiger partial charge in [0.25, 0.3) is 5.91 Å². The smallest absolute Gasteiger partial charge is 0.276 e. The molecule has 0 saturated carbocycles. The van der Waals surface area contributed by atoms with Gasteiger partial charge in [0, 0.05) is 97.6 Å². The molecule has 12 N–H and O–H groups in total. The predicted molar refractivity (Wildman–Crippen MR) is 286 cm³/mol. The zero-order valence-electron chi connectivity index (χ0n) is 37.8. The summed E-state index contributed by atoms with van der Waals surface area (Å²) >= 11 is 35.8. The number of unbranched alkanes of at least 4 members (excludes halogenated alkanes) is 1. The van der Waals surface area contributed by atoms with Crippen molar-refractivity contribution in [2.45, 2.75) is 71.4 Å². The number of thiol groups is 9. The molecule has 13 nitrogen and oxygen atoms in total. The molecule has 0 saturated heterocycles.